The highest BCUT2D eigenvalue weighted by Gasteiger charge is 2.21. The molecule has 2 rings (SSSR count). The highest BCUT2D eigenvalue weighted by atomic mass is 35.5. The van der Waals surface area contributed by atoms with Gasteiger partial charge in [0.1, 0.15) is 0 Å². The number of amides is 1. The molecule has 2 aromatic carbocycles. The molecule has 1 amide bonds. The van der Waals surface area contributed by atoms with E-state index in [1.807, 2.05) is 19.1 Å². The Morgan fingerprint density at radius 2 is 1.88 bits per heavy atom. The van der Waals surface area contributed by atoms with Gasteiger partial charge in [0.15, 0.2) is 0 Å². The number of nitrogens with zero attached hydrogens (tertiary/aromatic N) is 1. The fourth-order valence-corrected chi connectivity index (χ4v) is 3.35. The van der Waals surface area contributed by atoms with Crippen molar-refractivity contribution in [3.05, 3.63) is 58.6 Å². The quantitative estimate of drug-likeness (QED) is 0.778. The number of halogens is 1. The first-order chi connectivity index (χ1) is 12.3. The van der Waals surface area contributed by atoms with E-state index in [4.69, 9.17) is 16.3 Å². The number of para-hydroxylation sites is 1. The maximum absolute atomic E-state index is 12.7. The van der Waals surface area contributed by atoms with Crippen LogP contribution in [-0.4, -0.2) is 39.3 Å². The van der Waals surface area contributed by atoms with Gasteiger partial charge in [0.05, 0.1) is 22.1 Å². The van der Waals surface area contributed by atoms with Gasteiger partial charge < -0.3 is 10.1 Å². The van der Waals surface area contributed by atoms with Crippen LogP contribution in [0.4, 0.5) is 5.69 Å². The van der Waals surface area contributed by atoms with Gasteiger partial charge in [-0.3, -0.25) is 4.79 Å². The molecule has 0 aliphatic carbocycles. The van der Waals surface area contributed by atoms with Crippen LogP contribution < -0.4 is 5.32 Å². The number of hydrogen-bond donors (Lipinski definition) is 1. The Kier molecular flexibility index (Phi) is 6.77. The second-order valence-corrected chi connectivity index (χ2v) is 8.24. The first-order valence-electron chi connectivity index (χ1n) is 7.96. The summed E-state index contributed by atoms with van der Waals surface area (Å²) in [5.41, 5.74) is 1.49. The molecular formula is C18H21ClN2O4S. The van der Waals surface area contributed by atoms with Gasteiger partial charge in [-0.2, -0.15) is 0 Å². The van der Waals surface area contributed by atoms with Crippen LogP contribution in [0.25, 0.3) is 0 Å². The summed E-state index contributed by atoms with van der Waals surface area (Å²) in [5, 5.41) is 2.94. The first-order valence-corrected chi connectivity index (χ1v) is 9.78. The van der Waals surface area contributed by atoms with Gasteiger partial charge in [-0.1, -0.05) is 29.8 Å². The molecule has 0 unspecified atom stereocenters. The normalized spacial score (nSPS) is 11.6. The van der Waals surface area contributed by atoms with E-state index in [0.29, 0.717) is 18.9 Å². The smallest absolute Gasteiger partial charge is 0.257 e. The minimum atomic E-state index is -3.67. The highest BCUT2D eigenvalue weighted by molar-refractivity contribution is 7.89. The number of hydrogen-bond acceptors (Lipinski definition) is 4. The summed E-state index contributed by atoms with van der Waals surface area (Å²) >= 11 is 6.12. The predicted octanol–water partition coefficient (Wildman–Crippen LogP) is 3.38. The summed E-state index contributed by atoms with van der Waals surface area (Å²) in [5.74, 6) is -0.491. The zero-order chi connectivity index (χ0) is 19.3. The van der Waals surface area contributed by atoms with E-state index in [2.05, 4.69) is 5.32 Å². The molecule has 140 valence electrons. The molecule has 0 aliphatic rings. The fraction of sp³-hybridized carbons (Fsp3) is 0.278. The molecule has 1 N–H and O–H groups in total. The minimum absolute atomic E-state index is 0.000323. The molecule has 0 aliphatic heterocycles. The van der Waals surface area contributed by atoms with E-state index in [1.54, 1.807) is 12.1 Å². The van der Waals surface area contributed by atoms with E-state index < -0.39 is 15.9 Å². The number of anilines is 1. The SMILES string of the molecule is CCOCc1ccccc1NC(=O)c1cc(S(=O)(=O)N(C)C)ccc1Cl. The number of carbonyl (C=O) groups is 1. The second kappa shape index (κ2) is 8.64. The van der Waals surface area contributed by atoms with Crippen molar-refractivity contribution in [2.24, 2.45) is 0 Å². The molecule has 6 nitrogen and oxygen atoms in total. The largest absolute Gasteiger partial charge is 0.377 e. The highest BCUT2D eigenvalue weighted by Crippen LogP contribution is 2.24. The number of rotatable bonds is 7. The Morgan fingerprint density at radius 1 is 1.19 bits per heavy atom. The number of benzene rings is 2. The van der Waals surface area contributed by atoms with Gasteiger partial charge in [-0.25, -0.2) is 12.7 Å². The molecule has 0 fully saturated rings. The lowest BCUT2D eigenvalue weighted by atomic mass is 10.1. The maximum Gasteiger partial charge on any atom is 0.257 e. The standard InChI is InChI=1S/C18H21ClN2O4S/c1-4-25-12-13-7-5-6-8-17(13)20-18(22)15-11-14(9-10-16(15)19)26(23,24)21(2)3/h5-11H,4,12H2,1-3H3,(H,20,22). The summed E-state index contributed by atoms with van der Waals surface area (Å²) in [7, 11) is -0.819. The maximum atomic E-state index is 12.7. The van der Waals surface area contributed by atoms with E-state index >= 15 is 0 Å². The topological polar surface area (TPSA) is 75.7 Å². The number of nitrogens with one attached hydrogen (secondary N) is 1. The molecule has 0 atom stereocenters. The van der Waals surface area contributed by atoms with Crippen LogP contribution >= 0.6 is 11.6 Å². The third-order valence-electron chi connectivity index (χ3n) is 3.69. The van der Waals surface area contributed by atoms with Gasteiger partial charge in [-0.15, -0.1) is 0 Å². The molecule has 0 saturated heterocycles. The van der Waals surface area contributed by atoms with E-state index in [-0.39, 0.29) is 15.5 Å². The van der Waals surface area contributed by atoms with Gasteiger partial charge in [-0.05, 0) is 31.2 Å². The summed E-state index contributed by atoms with van der Waals surface area (Å²) in [6.07, 6.45) is 0. The van der Waals surface area contributed by atoms with Crippen LogP contribution in [0.2, 0.25) is 5.02 Å². The summed E-state index contributed by atoms with van der Waals surface area (Å²) in [6.45, 7) is 2.80. The Hall–Kier alpha value is -1.93. The Labute approximate surface area is 158 Å². The molecule has 2 aromatic rings. The average Bonchev–Trinajstić information content (AvgIpc) is 2.61. The summed E-state index contributed by atoms with van der Waals surface area (Å²) in [6, 6.07) is 11.3. The predicted molar refractivity (Wildman–Crippen MR) is 102 cm³/mol. The van der Waals surface area contributed by atoms with Crippen molar-refractivity contribution in [1.82, 2.24) is 4.31 Å². The molecule has 0 spiro atoms. The Balaban J connectivity index is 2.34. The molecule has 8 heteroatoms. The second-order valence-electron chi connectivity index (χ2n) is 5.68. The Morgan fingerprint density at radius 3 is 2.54 bits per heavy atom. The van der Waals surface area contributed by atoms with Crippen LogP contribution in [0.1, 0.15) is 22.8 Å². The van der Waals surface area contributed by atoms with Crippen LogP contribution in [0, 0.1) is 0 Å². The third-order valence-corrected chi connectivity index (χ3v) is 5.83. The van der Waals surface area contributed by atoms with Crippen molar-refractivity contribution >= 4 is 33.2 Å². The number of ether oxygens (including phenoxy) is 1. The summed E-state index contributed by atoms with van der Waals surface area (Å²) < 4.78 is 31.0. The van der Waals surface area contributed by atoms with Crippen molar-refractivity contribution < 1.29 is 17.9 Å². The van der Waals surface area contributed by atoms with Gasteiger partial charge >= 0.3 is 0 Å². The zero-order valence-corrected chi connectivity index (χ0v) is 16.4. The van der Waals surface area contributed by atoms with Gasteiger partial charge in [0.2, 0.25) is 10.0 Å². The van der Waals surface area contributed by atoms with Crippen molar-refractivity contribution in [1.29, 1.82) is 0 Å². The van der Waals surface area contributed by atoms with Crippen molar-refractivity contribution in [2.75, 3.05) is 26.0 Å². The van der Waals surface area contributed by atoms with Crippen LogP contribution in [0.5, 0.6) is 0 Å². The van der Waals surface area contributed by atoms with Crippen LogP contribution in [0.3, 0.4) is 0 Å². The van der Waals surface area contributed by atoms with E-state index in [1.165, 1.54) is 32.3 Å². The van der Waals surface area contributed by atoms with E-state index in [9.17, 15) is 13.2 Å². The van der Waals surface area contributed by atoms with Crippen LogP contribution in [-0.2, 0) is 21.4 Å². The first kappa shape index (κ1) is 20.4. The lowest BCUT2D eigenvalue weighted by Crippen LogP contribution is -2.23. The molecule has 0 bridgehead atoms. The molecule has 0 saturated carbocycles. The van der Waals surface area contributed by atoms with Crippen molar-refractivity contribution in [3.63, 3.8) is 0 Å². The monoisotopic (exact) mass is 396 g/mol. The lowest BCUT2D eigenvalue weighted by Gasteiger charge is -2.14. The minimum Gasteiger partial charge on any atom is -0.377 e. The average molecular weight is 397 g/mol. The third kappa shape index (κ3) is 4.62. The number of carbonyl (C=O) groups excluding carboxylic acids is 1. The van der Waals surface area contributed by atoms with E-state index in [0.717, 1.165) is 9.87 Å². The molecule has 26 heavy (non-hydrogen) atoms. The van der Waals surface area contributed by atoms with Crippen LogP contribution in [0.15, 0.2) is 47.4 Å². The van der Waals surface area contributed by atoms with Crippen molar-refractivity contribution in [3.8, 4) is 0 Å². The fourth-order valence-electron chi connectivity index (χ4n) is 2.22. The van der Waals surface area contributed by atoms with Crippen molar-refractivity contribution in [2.45, 2.75) is 18.4 Å². The summed E-state index contributed by atoms with van der Waals surface area (Å²) in [4.78, 5) is 12.7. The lowest BCUT2D eigenvalue weighted by molar-refractivity contribution is 0.102. The molecular weight excluding hydrogens is 376 g/mol. The molecule has 0 aromatic heterocycles. The zero-order valence-electron chi connectivity index (χ0n) is 14.8. The number of sulfonamides is 1. The molecule has 0 radical (unpaired) electrons. The molecule has 0 heterocycles. The Bertz CT molecular complexity index is 898. The van der Waals surface area contributed by atoms with Gasteiger partial charge in [0, 0.05) is 32.0 Å². The van der Waals surface area contributed by atoms with Gasteiger partial charge in [0.25, 0.3) is 5.91 Å².